The summed E-state index contributed by atoms with van der Waals surface area (Å²) in [7, 11) is 0. The fraction of sp³-hybridized carbons (Fsp3) is 0.0588. The maximum atomic E-state index is 12.2. The minimum atomic E-state index is -1.01. The molecule has 1 aliphatic rings. The lowest BCUT2D eigenvalue weighted by Crippen LogP contribution is -2.17. The van der Waals surface area contributed by atoms with E-state index in [1.807, 2.05) is 37.3 Å². The molecule has 22 heavy (non-hydrogen) atoms. The molecule has 1 amide bonds. The first-order chi connectivity index (χ1) is 10.5. The van der Waals surface area contributed by atoms with Gasteiger partial charge in [0, 0.05) is 4.90 Å². The summed E-state index contributed by atoms with van der Waals surface area (Å²) in [6, 6.07) is 12.6. The number of benzene rings is 2. The van der Waals surface area contributed by atoms with Gasteiger partial charge >= 0.3 is 5.97 Å². The lowest BCUT2D eigenvalue weighted by Gasteiger charge is -2.19. The van der Waals surface area contributed by atoms with Gasteiger partial charge in [-0.3, -0.25) is 4.79 Å². The standard InChI is InChI=1S/C17H13NO3S/c1-10-3-2-4-11(7-10)8-15-16(19)18-13-9-12(17(20)21)5-6-14(13)22-15/h2-9H,1H3,(H,18,19)(H,20,21)/b15-8+. The summed E-state index contributed by atoms with van der Waals surface area (Å²) in [5, 5.41) is 11.7. The van der Waals surface area contributed by atoms with Crippen molar-refractivity contribution in [3.8, 4) is 0 Å². The predicted molar refractivity (Wildman–Crippen MR) is 87.0 cm³/mol. The number of hydrogen-bond acceptors (Lipinski definition) is 3. The van der Waals surface area contributed by atoms with Crippen LogP contribution in [0.1, 0.15) is 21.5 Å². The molecule has 0 spiro atoms. The van der Waals surface area contributed by atoms with Crippen molar-refractivity contribution in [1.29, 1.82) is 0 Å². The third-order valence-electron chi connectivity index (χ3n) is 3.26. The largest absolute Gasteiger partial charge is 0.478 e. The average Bonchev–Trinajstić information content (AvgIpc) is 2.47. The van der Waals surface area contributed by atoms with Gasteiger partial charge in [-0.05, 0) is 36.8 Å². The van der Waals surface area contributed by atoms with Crippen LogP contribution in [0.25, 0.3) is 6.08 Å². The molecule has 0 radical (unpaired) electrons. The number of aromatic carboxylic acids is 1. The first kappa shape index (κ1) is 14.4. The highest BCUT2D eigenvalue weighted by Gasteiger charge is 2.22. The smallest absolute Gasteiger partial charge is 0.335 e. The second kappa shape index (κ2) is 5.69. The fourth-order valence-corrected chi connectivity index (χ4v) is 3.14. The van der Waals surface area contributed by atoms with Crippen LogP contribution in [0.3, 0.4) is 0 Å². The van der Waals surface area contributed by atoms with Gasteiger partial charge in [0.05, 0.1) is 16.2 Å². The Hall–Kier alpha value is -2.53. The van der Waals surface area contributed by atoms with Gasteiger partial charge < -0.3 is 10.4 Å². The van der Waals surface area contributed by atoms with E-state index < -0.39 is 5.97 Å². The molecule has 0 unspecified atom stereocenters. The summed E-state index contributed by atoms with van der Waals surface area (Å²) in [5.74, 6) is -1.23. The molecule has 5 heteroatoms. The average molecular weight is 311 g/mol. The van der Waals surface area contributed by atoms with E-state index in [0.29, 0.717) is 10.6 Å². The quantitative estimate of drug-likeness (QED) is 0.828. The van der Waals surface area contributed by atoms with Crippen LogP contribution < -0.4 is 5.32 Å². The van der Waals surface area contributed by atoms with Crippen molar-refractivity contribution in [2.75, 3.05) is 5.32 Å². The van der Waals surface area contributed by atoms with Crippen molar-refractivity contribution in [2.24, 2.45) is 0 Å². The van der Waals surface area contributed by atoms with Crippen LogP contribution in [0.4, 0.5) is 5.69 Å². The second-order valence-electron chi connectivity index (χ2n) is 5.00. The van der Waals surface area contributed by atoms with Crippen molar-refractivity contribution in [3.63, 3.8) is 0 Å². The molecule has 0 fully saturated rings. The number of fused-ring (bicyclic) bond motifs is 1. The molecule has 4 nitrogen and oxygen atoms in total. The molecule has 0 aromatic heterocycles. The highest BCUT2D eigenvalue weighted by Crippen LogP contribution is 2.39. The number of carbonyl (C=O) groups is 2. The Kier molecular flexibility index (Phi) is 3.73. The Balaban J connectivity index is 1.95. The molecule has 0 saturated carbocycles. The third-order valence-corrected chi connectivity index (χ3v) is 4.36. The normalized spacial score (nSPS) is 15.3. The summed E-state index contributed by atoms with van der Waals surface area (Å²) in [5.41, 5.74) is 2.78. The number of carboxylic acids is 1. The van der Waals surface area contributed by atoms with Crippen LogP contribution >= 0.6 is 11.8 Å². The van der Waals surface area contributed by atoms with Crippen LogP contribution in [-0.2, 0) is 4.79 Å². The van der Waals surface area contributed by atoms with Crippen LogP contribution in [0.15, 0.2) is 52.3 Å². The lowest BCUT2D eigenvalue weighted by molar-refractivity contribution is -0.112. The van der Waals surface area contributed by atoms with Crippen molar-refractivity contribution >= 4 is 35.4 Å². The van der Waals surface area contributed by atoms with Gasteiger partial charge in [0.2, 0.25) is 0 Å². The molecular weight excluding hydrogens is 298 g/mol. The van der Waals surface area contributed by atoms with Crippen molar-refractivity contribution < 1.29 is 14.7 Å². The molecule has 0 saturated heterocycles. The molecule has 0 bridgehead atoms. The topological polar surface area (TPSA) is 66.4 Å². The Morgan fingerprint density at radius 3 is 2.77 bits per heavy atom. The van der Waals surface area contributed by atoms with Crippen LogP contribution in [0.2, 0.25) is 0 Å². The van der Waals surface area contributed by atoms with E-state index in [4.69, 9.17) is 5.11 Å². The second-order valence-corrected chi connectivity index (χ2v) is 6.08. The minimum absolute atomic E-state index is 0.158. The van der Waals surface area contributed by atoms with Crippen molar-refractivity contribution in [3.05, 3.63) is 64.1 Å². The number of anilines is 1. The summed E-state index contributed by atoms with van der Waals surface area (Å²) < 4.78 is 0. The van der Waals surface area contributed by atoms with Gasteiger partial charge in [0.1, 0.15) is 0 Å². The van der Waals surface area contributed by atoms with E-state index in [9.17, 15) is 9.59 Å². The molecule has 2 aromatic rings. The first-order valence-corrected chi connectivity index (χ1v) is 7.49. The van der Waals surface area contributed by atoms with Gasteiger partial charge in [-0.25, -0.2) is 4.79 Å². The van der Waals surface area contributed by atoms with E-state index in [2.05, 4.69) is 5.32 Å². The summed E-state index contributed by atoms with van der Waals surface area (Å²) in [6.07, 6.45) is 1.83. The van der Waals surface area contributed by atoms with E-state index in [1.54, 1.807) is 6.07 Å². The van der Waals surface area contributed by atoms with E-state index in [0.717, 1.165) is 16.0 Å². The van der Waals surface area contributed by atoms with Crippen LogP contribution in [-0.4, -0.2) is 17.0 Å². The predicted octanol–water partition coefficient (Wildman–Crippen LogP) is 3.78. The number of thioether (sulfide) groups is 1. The number of carboxylic acid groups (broad SMARTS) is 1. The summed E-state index contributed by atoms with van der Waals surface area (Å²) >= 11 is 1.34. The molecule has 0 aliphatic carbocycles. The zero-order valence-electron chi connectivity index (χ0n) is 11.8. The van der Waals surface area contributed by atoms with Gasteiger partial charge in [0.25, 0.3) is 5.91 Å². The molecule has 1 heterocycles. The van der Waals surface area contributed by atoms with Crippen molar-refractivity contribution in [2.45, 2.75) is 11.8 Å². The zero-order valence-corrected chi connectivity index (χ0v) is 12.6. The van der Waals surface area contributed by atoms with Crippen LogP contribution in [0.5, 0.6) is 0 Å². The number of hydrogen-bond donors (Lipinski definition) is 2. The Morgan fingerprint density at radius 2 is 2.05 bits per heavy atom. The SMILES string of the molecule is Cc1cccc(/C=C2/Sc3ccc(C(=O)O)cc3NC2=O)c1. The summed E-state index contributed by atoms with van der Waals surface area (Å²) in [4.78, 5) is 24.6. The van der Waals surface area contributed by atoms with Gasteiger partial charge in [0.15, 0.2) is 0 Å². The monoisotopic (exact) mass is 311 g/mol. The zero-order chi connectivity index (χ0) is 15.7. The lowest BCUT2D eigenvalue weighted by atomic mass is 10.1. The molecule has 1 aliphatic heterocycles. The van der Waals surface area contributed by atoms with Gasteiger partial charge in [-0.15, -0.1) is 0 Å². The number of aryl methyl sites for hydroxylation is 1. The van der Waals surface area contributed by atoms with Gasteiger partial charge in [-0.2, -0.15) is 0 Å². The number of carbonyl (C=O) groups excluding carboxylic acids is 1. The molecule has 2 N–H and O–H groups in total. The maximum absolute atomic E-state index is 12.2. The summed E-state index contributed by atoms with van der Waals surface area (Å²) in [6.45, 7) is 2.00. The molecule has 2 aromatic carbocycles. The third kappa shape index (κ3) is 2.89. The Bertz CT molecular complexity index is 811. The van der Waals surface area contributed by atoms with E-state index in [1.165, 1.54) is 23.9 Å². The highest BCUT2D eigenvalue weighted by atomic mass is 32.2. The molecule has 0 atom stereocenters. The Labute approximate surface area is 131 Å². The maximum Gasteiger partial charge on any atom is 0.335 e. The number of amides is 1. The number of rotatable bonds is 2. The minimum Gasteiger partial charge on any atom is -0.478 e. The van der Waals surface area contributed by atoms with Crippen molar-refractivity contribution in [1.82, 2.24) is 0 Å². The fourth-order valence-electron chi connectivity index (χ4n) is 2.20. The molecular formula is C17H13NO3S. The van der Waals surface area contributed by atoms with Crippen LogP contribution in [0, 0.1) is 6.92 Å². The molecule has 110 valence electrons. The first-order valence-electron chi connectivity index (χ1n) is 6.68. The van der Waals surface area contributed by atoms with E-state index in [-0.39, 0.29) is 11.5 Å². The number of nitrogens with one attached hydrogen (secondary N) is 1. The Morgan fingerprint density at radius 1 is 1.23 bits per heavy atom. The van der Waals surface area contributed by atoms with Gasteiger partial charge in [-0.1, -0.05) is 41.6 Å². The highest BCUT2D eigenvalue weighted by molar-refractivity contribution is 8.04. The van der Waals surface area contributed by atoms with E-state index >= 15 is 0 Å². The molecule has 3 rings (SSSR count).